The Kier molecular flexibility index (Phi) is 14.2. The molecule has 3 aliphatic carbocycles. The molecule has 3 heterocycles. The minimum atomic E-state index is -0.938. The molecule has 322 valence electrons. The van der Waals surface area contributed by atoms with Crippen molar-refractivity contribution in [1.29, 1.82) is 0 Å². The highest BCUT2D eigenvalue weighted by atomic mass is 35.5. The van der Waals surface area contributed by atoms with Crippen LogP contribution in [0.4, 0.5) is 4.79 Å². The molecule has 4 N–H and O–H groups in total. The number of carboxylic acid groups (broad SMARTS) is 1. The third-order valence-corrected chi connectivity index (χ3v) is 13.0. The molecule has 15 heteroatoms. The van der Waals surface area contributed by atoms with Crippen molar-refractivity contribution in [3.8, 4) is 11.5 Å². The number of hydrogen-bond donors (Lipinski definition) is 3. The number of amides is 3. The fourth-order valence-electron chi connectivity index (χ4n) is 9.19. The third-order valence-electron chi connectivity index (χ3n) is 12.6. The van der Waals surface area contributed by atoms with E-state index in [4.69, 9.17) is 41.3 Å². The largest absolute Gasteiger partial charge is 0.491 e. The molecule has 7 rings (SSSR count). The van der Waals surface area contributed by atoms with Crippen LogP contribution in [0.3, 0.4) is 0 Å². The number of rotatable bonds is 20. The lowest BCUT2D eigenvalue weighted by atomic mass is 10.0. The third kappa shape index (κ3) is 11.4. The number of benzene rings is 1. The number of aromatic nitrogens is 1. The molecule has 59 heavy (non-hydrogen) atoms. The summed E-state index contributed by atoms with van der Waals surface area (Å²) in [7, 11) is 0. The number of primary amides is 1. The lowest BCUT2D eigenvalue weighted by Crippen LogP contribution is -2.53. The average Bonchev–Trinajstić information content (AvgIpc) is 4.06. The Bertz CT molecular complexity index is 1870. The number of carboxylic acids is 1. The van der Waals surface area contributed by atoms with Crippen LogP contribution in [0.15, 0.2) is 23.8 Å². The Labute approximate surface area is 351 Å². The zero-order chi connectivity index (χ0) is 41.6. The fraction of sp³-hybridized carbons (Fsp3) is 0.659. The van der Waals surface area contributed by atoms with Crippen molar-refractivity contribution >= 4 is 52.5 Å². The number of unbranched alkanes of at least 4 members (excludes halogenated alkanes) is 4. The second-order valence-corrected chi connectivity index (χ2v) is 17.8. The first-order valence-electron chi connectivity index (χ1n) is 21.6. The van der Waals surface area contributed by atoms with Crippen molar-refractivity contribution in [3.05, 3.63) is 34.5 Å². The quantitative estimate of drug-likeness (QED) is 0.129. The van der Waals surface area contributed by atoms with Crippen LogP contribution in [-0.2, 0) is 23.9 Å². The molecule has 2 saturated heterocycles. The number of alkyl carbamates (subject to hydrolysis) is 1. The van der Waals surface area contributed by atoms with Crippen molar-refractivity contribution in [1.82, 2.24) is 20.1 Å². The van der Waals surface area contributed by atoms with E-state index in [9.17, 15) is 24.3 Å². The summed E-state index contributed by atoms with van der Waals surface area (Å²) in [5.74, 6) is 0.635. The van der Waals surface area contributed by atoms with Crippen LogP contribution in [0.2, 0.25) is 5.02 Å². The molecule has 2 aromatic rings. The predicted molar refractivity (Wildman–Crippen MR) is 222 cm³/mol. The van der Waals surface area contributed by atoms with Crippen molar-refractivity contribution < 1.29 is 43.2 Å². The van der Waals surface area contributed by atoms with Gasteiger partial charge in [-0.15, -0.1) is 0 Å². The molecule has 3 amide bonds. The van der Waals surface area contributed by atoms with Gasteiger partial charge in [0.25, 0.3) is 0 Å². The average molecular weight is 838 g/mol. The molecule has 1 unspecified atom stereocenters. The number of hydrogen-bond acceptors (Lipinski definition) is 10. The molecule has 1 aromatic heterocycles. The lowest BCUT2D eigenvalue weighted by Gasteiger charge is -2.28. The number of carbonyl (C=O) groups is 4. The second kappa shape index (κ2) is 19.5. The Morgan fingerprint density at radius 2 is 1.75 bits per heavy atom. The molecular weight excluding hydrogens is 778 g/mol. The van der Waals surface area contributed by atoms with E-state index in [1.807, 2.05) is 38.1 Å². The SMILES string of the molecule is CC(C)=Cc1cc(OC2C[C@@H](C(N)=O)N(C(=O)[C@H](CCCCCCC[C@@H]3C[C@@H]3C(=O)O)NC(=O)O[C@@H]3C[C@@H]4C[C@@H]4C3)C2)c2ccc(OCCN3CCOCC3)c(Cl)c2n1. The molecule has 14 nitrogen and oxygen atoms in total. The van der Waals surface area contributed by atoms with Crippen LogP contribution >= 0.6 is 11.6 Å². The van der Waals surface area contributed by atoms with Gasteiger partial charge in [-0.1, -0.05) is 49.3 Å². The van der Waals surface area contributed by atoms with Gasteiger partial charge in [-0.05, 0) is 88.3 Å². The van der Waals surface area contributed by atoms with Crippen molar-refractivity contribution in [2.24, 2.45) is 29.4 Å². The summed E-state index contributed by atoms with van der Waals surface area (Å²) in [5.41, 5.74) is 8.10. The highest BCUT2D eigenvalue weighted by Gasteiger charge is 2.48. The number of nitrogens with zero attached hydrogens (tertiary/aromatic N) is 3. The van der Waals surface area contributed by atoms with Gasteiger partial charge >= 0.3 is 12.1 Å². The predicted octanol–water partition coefficient (Wildman–Crippen LogP) is 6.20. The van der Waals surface area contributed by atoms with E-state index in [-0.39, 0.29) is 25.0 Å². The van der Waals surface area contributed by atoms with Gasteiger partial charge < -0.3 is 40.0 Å². The van der Waals surface area contributed by atoms with E-state index >= 15 is 0 Å². The van der Waals surface area contributed by atoms with Gasteiger partial charge in [0.15, 0.2) is 0 Å². The number of nitrogens with one attached hydrogen (secondary N) is 1. The van der Waals surface area contributed by atoms with Crippen LogP contribution < -0.4 is 20.5 Å². The molecule has 0 bridgehead atoms. The van der Waals surface area contributed by atoms with Gasteiger partial charge in [0.05, 0.1) is 36.9 Å². The van der Waals surface area contributed by atoms with Gasteiger partial charge in [0.1, 0.15) is 47.4 Å². The monoisotopic (exact) mass is 837 g/mol. The number of halogens is 1. The topological polar surface area (TPSA) is 183 Å². The maximum atomic E-state index is 14.4. The maximum absolute atomic E-state index is 14.4. The van der Waals surface area contributed by atoms with Gasteiger partial charge in [0.2, 0.25) is 11.8 Å². The molecule has 5 aliphatic rings. The number of carbonyl (C=O) groups excluding carboxylic acids is 3. The molecule has 8 atom stereocenters. The van der Waals surface area contributed by atoms with Crippen LogP contribution in [0.5, 0.6) is 11.5 Å². The van der Waals surface area contributed by atoms with Crippen LogP contribution in [-0.4, -0.2) is 114 Å². The first-order chi connectivity index (χ1) is 28.4. The van der Waals surface area contributed by atoms with Crippen molar-refractivity contribution in [3.63, 3.8) is 0 Å². The number of allylic oxidation sites excluding steroid dienone is 1. The number of fused-ring (bicyclic) bond motifs is 2. The number of nitrogens with two attached hydrogens (primary N) is 1. The Hall–Kier alpha value is -4.14. The Morgan fingerprint density at radius 1 is 1.00 bits per heavy atom. The Balaban J connectivity index is 1.02. The number of likely N-dealkylation sites (tertiary alicyclic amines) is 1. The summed E-state index contributed by atoms with van der Waals surface area (Å²) >= 11 is 6.96. The van der Waals surface area contributed by atoms with Crippen LogP contribution in [0, 0.1) is 23.7 Å². The van der Waals surface area contributed by atoms with Gasteiger partial charge in [-0.25, -0.2) is 9.78 Å². The smallest absolute Gasteiger partial charge is 0.408 e. The number of pyridine rings is 1. The van der Waals surface area contributed by atoms with Gasteiger partial charge in [-0.2, -0.15) is 0 Å². The Morgan fingerprint density at radius 3 is 2.46 bits per heavy atom. The summed E-state index contributed by atoms with van der Waals surface area (Å²) < 4.78 is 24.0. The zero-order valence-corrected chi connectivity index (χ0v) is 35.1. The summed E-state index contributed by atoms with van der Waals surface area (Å²) in [6.07, 6.45) is 10.1. The van der Waals surface area contributed by atoms with E-state index in [1.54, 1.807) is 0 Å². The number of aliphatic carboxylic acids is 1. The lowest BCUT2D eigenvalue weighted by molar-refractivity contribution is -0.139. The maximum Gasteiger partial charge on any atom is 0.408 e. The molecule has 1 aromatic carbocycles. The molecule has 0 spiro atoms. The zero-order valence-electron chi connectivity index (χ0n) is 34.4. The summed E-state index contributed by atoms with van der Waals surface area (Å²) in [5, 5.41) is 13.1. The first-order valence-corrected chi connectivity index (χ1v) is 22.0. The standard InChI is InChI=1S/C44H60ClN5O9/c1-26(2)18-30-23-38(33-10-11-37(39(45)40(33)47-30)57-17-14-49-12-15-56-16-13-49)58-32-24-36(41(46)51)50(25-32)42(52)35(48-44(55)59-31-20-28-19-29(28)21-31)9-7-5-3-4-6-8-27-22-34(27)43(53)54/h10-11,18,23,27-29,31-32,34-36H,3-9,12-17,19-22,24-25H2,1-2H3,(H2,46,51)(H,48,55)(H,53,54)/t27-,28-,29+,31+,32?,34+,35+,36+/m1/s1. The number of morpholine rings is 1. The second-order valence-electron chi connectivity index (χ2n) is 17.5. The molecule has 0 radical (unpaired) electrons. The first kappa shape index (κ1) is 43.0. The van der Waals surface area contributed by atoms with E-state index in [2.05, 4.69) is 10.2 Å². The van der Waals surface area contributed by atoms with Gasteiger partial charge in [0, 0.05) is 37.5 Å². The summed E-state index contributed by atoms with van der Waals surface area (Å²) in [6, 6.07) is 3.65. The van der Waals surface area contributed by atoms with Crippen LogP contribution in [0.1, 0.15) is 96.6 Å². The molecule has 5 fully saturated rings. The van der Waals surface area contributed by atoms with Gasteiger partial charge in [-0.3, -0.25) is 19.3 Å². The normalized spacial score (nSPS) is 26.5. The van der Waals surface area contributed by atoms with E-state index in [0.29, 0.717) is 83.5 Å². The minimum Gasteiger partial charge on any atom is -0.491 e. The fourth-order valence-corrected chi connectivity index (χ4v) is 9.45. The summed E-state index contributed by atoms with van der Waals surface area (Å²) in [4.78, 5) is 60.2. The van der Waals surface area contributed by atoms with E-state index in [1.165, 1.54) is 11.3 Å². The molecular formula is C44H60ClN5O9. The summed E-state index contributed by atoms with van der Waals surface area (Å²) in [6.45, 7) is 8.35. The molecule has 3 saturated carbocycles. The molecule has 2 aliphatic heterocycles. The van der Waals surface area contributed by atoms with E-state index < -0.39 is 42.1 Å². The number of ether oxygens (including phenoxy) is 4. The highest BCUT2D eigenvalue weighted by Crippen LogP contribution is 2.52. The highest BCUT2D eigenvalue weighted by molar-refractivity contribution is 6.36. The van der Waals surface area contributed by atoms with Crippen molar-refractivity contribution in [2.75, 3.05) is 46.0 Å². The van der Waals surface area contributed by atoms with E-state index in [0.717, 1.165) is 76.6 Å². The van der Waals surface area contributed by atoms with Crippen LogP contribution in [0.25, 0.3) is 17.0 Å². The van der Waals surface area contributed by atoms with Crippen molar-refractivity contribution in [2.45, 2.75) is 115 Å². The minimum absolute atomic E-state index is 0.0857.